The minimum absolute atomic E-state index is 0.285. The van der Waals surface area contributed by atoms with Gasteiger partial charge in [0.1, 0.15) is 5.52 Å². The number of hydrogen-bond donors (Lipinski definition) is 2. The van der Waals surface area contributed by atoms with Crippen LogP contribution in [0.1, 0.15) is 12.0 Å². The topological polar surface area (TPSA) is 107 Å². The Morgan fingerprint density at radius 2 is 2.20 bits per heavy atom. The average molecular weight is 341 g/mol. The molecule has 0 bridgehead atoms. The number of pyridine rings is 1. The van der Waals surface area contributed by atoms with Crippen LogP contribution in [-0.4, -0.2) is 39.1 Å². The quantitative estimate of drug-likeness (QED) is 0.506. The van der Waals surface area contributed by atoms with Crippen molar-refractivity contribution in [2.45, 2.75) is 6.42 Å². The summed E-state index contributed by atoms with van der Waals surface area (Å²) in [6.07, 6.45) is 8.13. The molecule has 0 aromatic carbocycles. The molecule has 0 saturated heterocycles. The van der Waals surface area contributed by atoms with Crippen molar-refractivity contribution in [3.05, 3.63) is 42.4 Å². The number of rotatable bonds is 7. The number of fused-ring (bicyclic) bond motifs is 1. The van der Waals surface area contributed by atoms with Crippen molar-refractivity contribution in [1.82, 2.24) is 19.9 Å². The zero-order chi connectivity index (χ0) is 17.6. The highest BCUT2D eigenvalue weighted by molar-refractivity contribution is 5.93. The SMILES string of the molecule is NC(=O)C=Cc1c[nH]c2ncc(-c3ccc(OCCCF)nc3)nc12. The number of nitrogens with one attached hydrogen (secondary N) is 1. The summed E-state index contributed by atoms with van der Waals surface area (Å²) in [5.74, 6) is -0.107. The molecule has 7 nitrogen and oxygen atoms in total. The number of halogens is 1. The molecule has 0 radical (unpaired) electrons. The molecule has 3 aromatic rings. The fourth-order valence-electron chi connectivity index (χ4n) is 2.20. The van der Waals surface area contributed by atoms with Crippen molar-refractivity contribution in [2.24, 2.45) is 5.73 Å². The summed E-state index contributed by atoms with van der Waals surface area (Å²) in [6.45, 7) is -0.135. The molecule has 0 aliphatic carbocycles. The second-order valence-corrected chi connectivity index (χ2v) is 5.21. The summed E-state index contributed by atoms with van der Waals surface area (Å²) in [5.41, 5.74) is 8.45. The Balaban J connectivity index is 1.85. The van der Waals surface area contributed by atoms with Crippen molar-refractivity contribution in [1.29, 1.82) is 0 Å². The molecule has 8 heteroatoms. The molecule has 3 rings (SSSR count). The zero-order valence-electron chi connectivity index (χ0n) is 13.3. The first kappa shape index (κ1) is 16.6. The standard InChI is InChI=1S/C17H16FN5O2/c18-6-1-7-25-15-5-3-11(8-20-15)13-10-22-17-16(23-13)12(9-21-17)2-4-14(19)24/h2-5,8-10H,1,6-7H2,(H2,19,24)(H,21,22). The minimum Gasteiger partial charge on any atom is -0.478 e. The molecular weight excluding hydrogens is 325 g/mol. The Morgan fingerprint density at radius 1 is 1.32 bits per heavy atom. The first-order valence-electron chi connectivity index (χ1n) is 7.64. The van der Waals surface area contributed by atoms with Crippen molar-refractivity contribution in [3.63, 3.8) is 0 Å². The molecule has 3 N–H and O–H groups in total. The highest BCUT2D eigenvalue weighted by atomic mass is 19.1. The van der Waals surface area contributed by atoms with Gasteiger partial charge in [-0.05, 0) is 12.1 Å². The van der Waals surface area contributed by atoms with Crippen LogP contribution < -0.4 is 10.5 Å². The number of amides is 1. The highest BCUT2D eigenvalue weighted by Gasteiger charge is 2.08. The number of primary amides is 1. The minimum atomic E-state index is -0.536. The van der Waals surface area contributed by atoms with E-state index >= 15 is 0 Å². The van der Waals surface area contributed by atoms with Crippen molar-refractivity contribution in [2.75, 3.05) is 13.3 Å². The maximum absolute atomic E-state index is 12.1. The number of alkyl halides is 1. The Morgan fingerprint density at radius 3 is 2.92 bits per heavy atom. The Hall–Kier alpha value is -3.29. The fourth-order valence-corrected chi connectivity index (χ4v) is 2.20. The van der Waals surface area contributed by atoms with Crippen LogP contribution in [0.3, 0.4) is 0 Å². The predicted octanol–water partition coefficient (Wildman–Crippen LogP) is 2.26. The summed E-state index contributed by atoms with van der Waals surface area (Å²) >= 11 is 0. The van der Waals surface area contributed by atoms with E-state index in [-0.39, 0.29) is 6.61 Å². The van der Waals surface area contributed by atoms with Crippen LogP contribution in [0.5, 0.6) is 5.88 Å². The van der Waals surface area contributed by atoms with Crippen LogP contribution in [-0.2, 0) is 4.79 Å². The van der Waals surface area contributed by atoms with Crippen LogP contribution >= 0.6 is 0 Å². The summed E-state index contributed by atoms with van der Waals surface area (Å²) in [5, 5.41) is 0. The maximum atomic E-state index is 12.1. The molecule has 0 saturated carbocycles. The van der Waals surface area contributed by atoms with E-state index in [1.54, 1.807) is 36.8 Å². The summed E-state index contributed by atoms with van der Waals surface area (Å²) in [4.78, 5) is 26.9. The Bertz CT molecular complexity index is 905. The fraction of sp³-hybridized carbons (Fsp3) is 0.176. The first-order chi connectivity index (χ1) is 12.2. The lowest BCUT2D eigenvalue weighted by molar-refractivity contribution is -0.113. The number of aromatic nitrogens is 4. The number of nitrogens with two attached hydrogens (primary N) is 1. The molecular formula is C17H16FN5O2. The van der Waals surface area contributed by atoms with E-state index in [9.17, 15) is 9.18 Å². The van der Waals surface area contributed by atoms with Gasteiger partial charge in [0.05, 0.1) is 25.2 Å². The van der Waals surface area contributed by atoms with Gasteiger partial charge < -0.3 is 15.5 Å². The van der Waals surface area contributed by atoms with Crippen LogP contribution in [0, 0.1) is 0 Å². The second kappa shape index (κ2) is 7.52. The number of hydrogen-bond acceptors (Lipinski definition) is 5. The van der Waals surface area contributed by atoms with Gasteiger partial charge in [0.25, 0.3) is 0 Å². The third kappa shape index (κ3) is 3.97. The first-order valence-corrected chi connectivity index (χ1v) is 7.64. The van der Waals surface area contributed by atoms with Crippen molar-refractivity contribution >= 4 is 23.1 Å². The van der Waals surface area contributed by atoms with Gasteiger partial charge >= 0.3 is 0 Å². The van der Waals surface area contributed by atoms with E-state index in [1.165, 1.54) is 6.08 Å². The summed E-state index contributed by atoms with van der Waals surface area (Å²) in [7, 11) is 0. The number of aromatic amines is 1. The van der Waals surface area contributed by atoms with Gasteiger partial charge in [-0.2, -0.15) is 0 Å². The average Bonchev–Trinajstić information content (AvgIpc) is 3.03. The number of carbonyl (C=O) groups excluding carboxylic acids is 1. The van der Waals surface area contributed by atoms with Crippen LogP contribution in [0.4, 0.5) is 4.39 Å². The van der Waals surface area contributed by atoms with Gasteiger partial charge in [0.15, 0.2) is 5.65 Å². The molecule has 0 atom stereocenters. The van der Waals surface area contributed by atoms with Crippen LogP contribution in [0.25, 0.3) is 28.5 Å². The molecule has 3 aromatic heterocycles. The number of ether oxygens (including phenoxy) is 1. The van der Waals surface area contributed by atoms with E-state index < -0.39 is 12.6 Å². The van der Waals surface area contributed by atoms with E-state index in [4.69, 9.17) is 10.5 Å². The largest absolute Gasteiger partial charge is 0.478 e. The maximum Gasteiger partial charge on any atom is 0.241 e. The van der Waals surface area contributed by atoms with Crippen molar-refractivity contribution < 1.29 is 13.9 Å². The number of carbonyl (C=O) groups is 1. The Labute approximate surface area is 142 Å². The summed E-state index contributed by atoms with van der Waals surface area (Å²) < 4.78 is 17.4. The zero-order valence-corrected chi connectivity index (χ0v) is 13.3. The third-order valence-electron chi connectivity index (χ3n) is 3.40. The number of H-pyrrole nitrogens is 1. The molecule has 128 valence electrons. The van der Waals surface area contributed by atoms with E-state index in [2.05, 4.69) is 19.9 Å². The van der Waals surface area contributed by atoms with Crippen LogP contribution in [0.2, 0.25) is 0 Å². The van der Waals surface area contributed by atoms with E-state index in [0.717, 1.165) is 5.56 Å². The number of nitrogens with zero attached hydrogens (tertiary/aromatic N) is 3. The molecule has 1 amide bonds. The lowest BCUT2D eigenvalue weighted by Gasteiger charge is -2.05. The normalized spacial score (nSPS) is 11.2. The van der Waals surface area contributed by atoms with Gasteiger partial charge in [-0.1, -0.05) is 0 Å². The smallest absolute Gasteiger partial charge is 0.241 e. The van der Waals surface area contributed by atoms with E-state index in [1.807, 2.05) is 0 Å². The summed E-state index contributed by atoms with van der Waals surface area (Å²) in [6, 6.07) is 3.50. The van der Waals surface area contributed by atoms with Gasteiger partial charge in [0.2, 0.25) is 11.8 Å². The molecule has 0 aliphatic rings. The third-order valence-corrected chi connectivity index (χ3v) is 3.40. The molecule has 0 fully saturated rings. The molecule has 25 heavy (non-hydrogen) atoms. The lowest BCUT2D eigenvalue weighted by Crippen LogP contribution is -2.05. The molecule has 3 heterocycles. The molecule has 0 unspecified atom stereocenters. The molecule has 0 aliphatic heterocycles. The van der Waals surface area contributed by atoms with Crippen LogP contribution in [0.15, 0.2) is 36.8 Å². The van der Waals surface area contributed by atoms with E-state index in [0.29, 0.717) is 34.7 Å². The Kier molecular flexibility index (Phi) is 4.98. The molecule has 0 spiro atoms. The lowest BCUT2D eigenvalue weighted by atomic mass is 10.2. The van der Waals surface area contributed by atoms with Gasteiger partial charge in [-0.25, -0.2) is 15.0 Å². The van der Waals surface area contributed by atoms with Gasteiger partial charge in [-0.15, -0.1) is 0 Å². The van der Waals surface area contributed by atoms with Crippen molar-refractivity contribution in [3.8, 4) is 17.1 Å². The monoisotopic (exact) mass is 341 g/mol. The second-order valence-electron chi connectivity index (χ2n) is 5.21. The van der Waals surface area contributed by atoms with Gasteiger partial charge in [-0.3, -0.25) is 9.18 Å². The van der Waals surface area contributed by atoms with Gasteiger partial charge in [0, 0.05) is 42.1 Å². The highest BCUT2D eigenvalue weighted by Crippen LogP contribution is 2.22. The predicted molar refractivity (Wildman–Crippen MR) is 91.4 cm³/mol.